The van der Waals surface area contributed by atoms with Gasteiger partial charge in [-0.2, -0.15) is 0 Å². The summed E-state index contributed by atoms with van der Waals surface area (Å²) in [6.07, 6.45) is 3.82. The van der Waals surface area contributed by atoms with Crippen molar-refractivity contribution >= 4 is 0 Å². The van der Waals surface area contributed by atoms with Gasteiger partial charge >= 0.3 is 0 Å². The van der Waals surface area contributed by atoms with Crippen molar-refractivity contribution in [3.05, 3.63) is 130 Å². The van der Waals surface area contributed by atoms with Gasteiger partial charge in [-0.25, -0.2) is 0 Å². The summed E-state index contributed by atoms with van der Waals surface area (Å²) in [7, 11) is 0. The van der Waals surface area contributed by atoms with Crippen LogP contribution < -0.4 is 9.47 Å². The Hall–Kier alpha value is -2.67. The molecule has 1 aliphatic carbocycles. The van der Waals surface area contributed by atoms with Gasteiger partial charge in [0.2, 0.25) is 0 Å². The summed E-state index contributed by atoms with van der Waals surface area (Å²) in [6, 6.07) is 17.9. The molecule has 0 atom stereocenters. The number of phenolic OH excluding ortho intramolecular Hbond substituents is 2. The Morgan fingerprint density at radius 3 is 0.759 bits per heavy atom. The minimum absolute atomic E-state index is 0. The van der Waals surface area contributed by atoms with Crippen molar-refractivity contribution in [2.45, 2.75) is 157 Å². The summed E-state index contributed by atoms with van der Waals surface area (Å²) in [5, 5.41) is 24.7. The smallest absolute Gasteiger partial charge is 0.126 e. The van der Waals surface area contributed by atoms with Crippen LogP contribution in [-0.4, -0.2) is 23.4 Å². The van der Waals surface area contributed by atoms with Gasteiger partial charge in [-0.3, -0.25) is 0 Å². The molecule has 5 rings (SSSR count). The molecule has 4 nitrogen and oxygen atoms in total. The Balaban J connectivity index is 0.00000420. The molecule has 0 heterocycles. The Morgan fingerprint density at radius 2 is 0.586 bits per heavy atom. The first-order valence-electron chi connectivity index (χ1n) is 20.3. The molecule has 4 aromatic rings. The second-order valence-electron chi connectivity index (χ2n) is 19.9. The van der Waals surface area contributed by atoms with Crippen molar-refractivity contribution in [2.24, 2.45) is 0 Å². The normalized spacial score (nSPS) is 12.9. The van der Waals surface area contributed by atoms with Crippen LogP contribution >= 0.6 is 0 Å². The zero-order valence-corrected chi connectivity index (χ0v) is 45.3. The van der Waals surface area contributed by atoms with Crippen LogP contribution in [0.2, 0.25) is 0 Å². The van der Waals surface area contributed by atoms with E-state index in [1.807, 2.05) is 0 Å². The first-order valence-corrected chi connectivity index (χ1v) is 20.3. The fourth-order valence-electron chi connectivity index (χ4n) is 7.42. The molecular formula is C52H74O4Zn2-2. The van der Waals surface area contributed by atoms with E-state index in [-0.39, 0.29) is 75.5 Å². The first kappa shape index (κ1) is 53.3. The van der Waals surface area contributed by atoms with Gasteiger partial charge in [0, 0.05) is 64.6 Å². The van der Waals surface area contributed by atoms with Crippen LogP contribution in [0.25, 0.3) is 0 Å². The maximum absolute atomic E-state index is 12.3. The van der Waals surface area contributed by atoms with Gasteiger partial charge in [0.15, 0.2) is 0 Å². The van der Waals surface area contributed by atoms with E-state index >= 15 is 0 Å². The van der Waals surface area contributed by atoms with Crippen molar-refractivity contribution in [1.82, 2.24) is 0 Å². The standard InChI is InChI=1S/C50H68O4.2CH3.2Zn/c1-15-17-53-45-35-19-31-23-39(47(3,4)5)25-33(43(31)51)21-37-29-42(50(12,13)14)30-38(46(37)54-18-16-2)22-34-26-40(48(6,7)8)24-32(44(34)52)20-36(45)28-41(27-35)49(9,10)11;;;;/h23-30,51-52H,15-22H2,1-14H3;2*1H3;;/q;2*-1;;. The third-order valence-corrected chi connectivity index (χ3v) is 10.9. The summed E-state index contributed by atoms with van der Waals surface area (Å²) in [4.78, 5) is 0. The topological polar surface area (TPSA) is 58.9 Å². The maximum Gasteiger partial charge on any atom is 0.126 e. The third kappa shape index (κ3) is 12.2. The Morgan fingerprint density at radius 1 is 0.397 bits per heavy atom. The number of fused-ring (bicyclic) bond motifs is 8. The van der Waals surface area contributed by atoms with E-state index in [4.69, 9.17) is 9.47 Å². The predicted octanol–water partition coefficient (Wildman–Crippen LogP) is 13.4. The SMILES string of the molecule is CCCOc1c2cc(C(C)(C)C)cc1Cc1cc(C(C)(C)C)cc(c1O)Cc1cc(C(C)(C)C)cc(c1OCCC)Cc1cc(C(C)(C)C)cc(c1O)C2.[CH3-].[CH3-].[Zn].[Zn]. The van der Waals surface area contributed by atoms with E-state index in [0.29, 0.717) is 50.4 Å². The van der Waals surface area contributed by atoms with E-state index in [0.717, 1.165) is 68.8 Å². The van der Waals surface area contributed by atoms with Gasteiger partial charge in [-0.05, 0) is 101 Å². The number of benzene rings is 4. The molecule has 0 saturated carbocycles. The molecule has 6 heteroatoms. The van der Waals surface area contributed by atoms with Crippen LogP contribution in [0.3, 0.4) is 0 Å². The number of phenols is 2. The largest absolute Gasteiger partial charge is 0.507 e. The minimum atomic E-state index is -0.136. The molecule has 0 unspecified atom stereocenters. The van der Waals surface area contributed by atoms with Crippen LogP contribution in [0.5, 0.6) is 23.0 Å². The first-order chi connectivity index (χ1) is 25.0. The average molecular weight is 894 g/mol. The second-order valence-corrected chi connectivity index (χ2v) is 19.9. The van der Waals surface area contributed by atoms with Crippen molar-refractivity contribution in [2.75, 3.05) is 13.2 Å². The van der Waals surface area contributed by atoms with Crippen molar-refractivity contribution < 1.29 is 58.6 Å². The van der Waals surface area contributed by atoms with Gasteiger partial charge in [0.1, 0.15) is 23.0 Å². The van der Waals surface area contributed by atoms with E-state index in [1.165, 1.54) is 22.3 Å². The molecule has 0 radical (unpaired) electrons. The van der Waals surface area contributed by atoms with Gasteiger partial charge in [0.25, 0.3) is 0 Å². The van der Waals surface area contributed by atoms with Gasteiger partial charge in [0.05, 0.1) is 13.2 Å². The molecular weight excluding hydrogens is 819 g/mol. The fraction of sp³-hybridized carbons (Fsp3) is 0.500. The van der Waals surface area contributed by atoms with Crippen LogP contribution in [0.1, 0.15) is 177 Å². The number of ether oxygens (including phenoxy) is 2. The molecule has 0 aliphatic heterocycles. The van der Waals surface area contributed by atoms with E-state index in [1.54, 1.807) is 0 Å². The molecule has 0 spiro atoms. The molecule has 0 amide bonds. The third-order valence-electron chi connectivity index (χ3n) is 10.9. The van der Waals surface area contributed by atoms with Crippen LogP contribution in [-0.2, 0) is 86.3 Å². The zero-order chi connectivity index (χ0) is 40.0. The summed E-state index contributed by atoms with van der Waals surface area (Å²) in [6.45, 7) is 32.4. The zero-order valence-electron chi connectivity index (χ0n) is 39.4. The molecule has 0 fully saturated rings. The quantitative estimate of drug-likeness (QED) is 0.132. The van der Waals surface area contributed by atoms with Crippen LogP contribution in [0.15, 0.2) is 48.5 Å². The van der Waals surface area contributed by atoms with Crippen molar-refractivity contribution in [3.8, 4) is 23.0 Å². The van der Waals surface area contributed by atoms with E-state index in [9.17, 15) is 10.2 Å². The maximum atomic E-state index is 12.3. The van der Waals surface area contributed by atoms with Crippen molar-refractivity contribution in [1.29, 1.82) is 0 Å². The second kappa shape index (κ2) is 20.3. The molecule has 4 aromatic carbocycles. The molecule has 8 bridgehead atoms. The van der Waals surface area contributed by atoms with E-state index in [2.05, 4.69) is 145 Å². The minimum Gasteiger partial charge on any atom is -0.507 e. The molecule has 0 saturated heterocycles. The molecule has 0 aromatic heterocycles. The van der Waals surface area contributed by atoms with Gasteiger partial charge < -0.3 is 34.5 Å². The average Bonchev–Trinajstić information content (AvgIpc) is 3.04. The monoisotopic (exact) mass is 890 g/mol. The van der Waals surface area contributed by atoms with E-state index < -0.39 is 0 Å². The summed E-state index contributed by atoms with van der Waals surface area (Å²) >= 11 is 0. The molecule has 312 valence electrons. The molecule has 1 aliphatic rings. The number of rotatable bonds is 6. The van der Waals surface area contributed by atoms with Gasteiger partial charge in [-0.15, -0.1) is 0 Å². The van der Waals surface area contributed by atoms with Crippen LogP contribution in [0.4, 0.5) is 0 Å². The van der Waals surface area contributed by atoms with Crippen molar-refractivity contribution in [3.63, 3.8) is 0 Å². The Bertz CT molecular complexity index is 1760. The van der Waals surface area contributed by atoms with Gasteiger partial charge in [-0.1, -0.05) is 145 Å². The summed E-state index contributed by atoms with van der Waals surface area (Å²) < 4.78 is 13.4. The summed E-state index contributed by atoms with van der Waals surface area (Å²) in [5.74, 6) is 2.38. The van der Waals surface area contributed by atoms with Crippen LogP contribution in [0, 0.1) is 14.9 Å². The molecule has 58 heavy (non-hydrogen) atoms. The Kier molecular flexibility index (Phi) is 18.6. The number of aromatic hydroxyl groups is 2. The number of hydrogen-bond acceptors (Lipinski definition) is 4. The molecule has 2 N–H and O–H groups in total. The summed E-state index contributed by atoms with van der Waals surface area (Å²) in [5.41, 5.74) is 12.1. The predicted molar refractivity (Wildman–Crippen MR) is 240 cm³/mol. The fourth-order valence-corrected chi connectivity index (χ4v) is 7.42. The number of hydrogen-bond donors (Lipinski definition) is 2. The Labute approximate surface area is 379 Å².